The van der Waals surface area contributed by atoms with Crippen molar-refractivity contribution in [1.82, 2.24) is 56.4 Å². The Morgan fingerprint density at radius 3 is 1.88 bits per heavy atom. The van der Waals surface area contributed by atoms with Gasteiger partial charge in [-0.2, -0.15) is 36.5 Å². The van der Waals surface area contributed by atoms with E-state index in [4.69, 9.17) is 9.72 Å². The number of aryl methyl sites for hydroxylation is 4. The number of piperazine rings is 1. The zero-order valence-electron chi connectivity index (χ0n) is 41.2. The van der Waals surface area contributed by atoms with Crippen molar-refractivity contribution >= 4 is 51.6 Å². The molecule has 3 aliphatic heterocycles. The lowest BCUT2D eigenvalue weighted by Crippen LogP contribution is -2.44. The molecule has 9 rings (SSSR count). The Kier molecular flexibility index (Phi) is 13.7. The molecular formula is C49H52F6N16O3. The molecule has 0 atom stereocenters. The van der Waals surface area contributed by atoms with Crippen molar-refractivity contribution in [2.45, 2.75) is 53.0 Å². The van der Waals surface area contributed by atoms with Crippen LogP contribution in [0.2, 0.25) is 0 Å². The summed E-state index contributed by atoms with van der Waals surface area (Å²) < 4.78 is 92.7. The number of aromatic nitrogens is 6. The summed E-state index contributed by atoms with van der Waals surface area (Å²) in [5.74, 6) is -1.72. The van der Waals surface area contributed by atoms with E-state index in [2.05, 4.69) is 52.6 Å². The molecule has 1 fully saturated rings. The molecule has 0 bridgehead atoms. The summed E-state index contributed by atoms with van der Waals surface area (Å²) in [5, 5.41) is 17.5. The quantitative estimate of drug-likeness (QED) is 0.0660. The molecule has 0 spiro atoms. The highest BCUT2D eigenvalue weighted by Crippen LogP contribution is 2.40. The number of ether oxygens (including phenoxy) is 1. The number of carbonyl (C=O) groups excluding carboxylic acids is 2. The molecule has 19 nitrogen and oxygen atoms in total. The molecule has 25 heteroatoms. The topological polar surface area (TPSA) is 190 Å². The number of benzene rings is 2. The van der Waals surface area contributed by atoms with Gasteiger partial charge in [0.15, 0.2) is 0 Å². The Morgan fingerprint density at radius 1 is 0.676 bits per heavy atom. The minimum Gasteiger partial charge on any atom is -0.496 e. The van der Waals surface area contributed by atoms with Gasteiger partial charge in [-0.1, -0.05) is 0 Å². The molecule has 0 aliphatic carbocycles. The Bertz CT molecular complexity index is 3210. The summed E-state index contributed by atoms with van der Waals surface area (Å²) in [6, 6.07) is 8.96. The third kappa shape index (κ3) is 10.4. The lowest BCUT2D eigenvalue weighted by atomic mass is 10.0. The van der Waals surface area contributed by atoms with Gasteiger partial charge in [0, 0.05) is 111 Å². The number of hydrogen-bond donors (Lipinski definition) is 6. The first-order valence-corrected chi connectivity index (χ1v) is 23.2. The molecule has 6 aromatic rings. The van der Waals surface area contributed by atoms with Crippen molar-refractivity contribution < 1.29 is 40.7 Å². The summed E-state index contributed by atoms with van der Waals surface area (Å²) in [6.45, 7) is 9.75. The number of hydrazine groups is 4. The lowest BCUT2D eigenvalue weighted by molar-refractivity contribution is -0.139. The van der Waals surface area contributed by atoms with Crippen LogP contribution >= 0.6 is 0 Å². The van der Waals surface area contributed by atoms with E-state index in [0.717, 1.165) is 47.8 Å². The number of anilines is 5. The molecular weight excluding hydrogens is 975 g/mol. The zero-order chi connectivity index (χ0) is 52.8. The van der Waals surface area contributed by atoms with Crippen LogP contribution in [0, 0.1) is 27.7 Å². The maximum Gasteiger partial charge on any atom is 0.420 e. The minimum atomic E-state index is -4.71. The van der Waals surface area contributed by atoms with E-state index in [1.54, 1.807) is 69.3 Å². The zero-order valence-corrected chi connectivity index (χ0v) is 41.2. The number of rotatable bonds is 13. The maximum absolute atomic E-state index is 14.4. The van der Waals surface area contributed by atoms with Crippen molar-refractivity contribution in [1.29, 1.82) is 0 Å². The summed E-state index contributed by atoms with van der Waals surface area (Å²) in [4.78, 5) is 40.5. The first-order chi connectivity index (χ1) is 35.2. The molecule has 388 valence electrons. The number of amides is 2. The average molecular weight is 1030 g/mol. The first-order valence-electron chi connectivity index (χ1n) is 23.2. The van der Waals surface area contributed by atoms with E-state index in [-0.39, 0.29) is 33.8 Å². The second-order valence-corrected chi connectivity index (χ2v) is 18.0. The third-order valence-electron chi connectivity index (χ3n) is 13.2. The largest absolute Gasteiger partial charge is 0.496 e. The van der Waals surface area contributed by atoms with Gasteiger partial charge in [-0.15, -0.1) is 11.1 Å². The Morgan fingerprint density at radius 2 is 1.26 bits per heavy atom. The van der Waals surface area contributed by atoms with Gasteiger partial charge in [-0.25, -0.2) is 0 Å². The molecule has 0 radical (unpaired) electrons. The molecule has 2 aromatic carbocycles. The average Bonchev–Trinajstić information content (AvgIpc) is 4.19. The number of pyridine rings is 2. The number of likely N-dealkylation sites (N-methyl/N-ethyl adjacent to an activating group) is 1. The number of hydrogen-bond acceptors (Lipinski definition) is 15. The van der Waals surface area contributed by atoms with Crippen LogP contribution in [0.4, 0.5) is 54.8 Å². The highest BCUT2D eigenvalue weighted by Gasteiger charge is 2.36. The van der Waals surface area contributed by atoms with Crippen LogP contribution in [0.5, 0.6) is 5.75 Å². The number of methoxy groups -OCH3 is 1. The van der Waals surface area contributed by atoms with E-state index in [0.29, 0.717) is 79.0 Å². The monoisotopic (exact) mass is 1030 g/mol. The standard InChI is InChI=1S/C49H52F6N16O3/c1-27-37(48(50,51)52)19-34(20-42(27)68-14-12-66(5)13-15-68)61-47(73)32-17-44(71-26-40(62-65-71)35-23-58-67(6)29(35)3)39(57-22-32)10-11-69-30(4)36(24-59-69)41-25-70(64-63-41)43-16-31(21-56-28(43)2)46(72)60-33-8-9-45(74-7)38(18-33)49(53,54)55/h8-9,16-26,62-65H,10-15H2,1-7H3,(H,60,72)(H,61,73). The molecule has 7 heterocycles. The van der Waals surface area contributed by atoms with Gasteiger partial charge in [0.2, 0.25) is 0 Å². The summed E-state index contributed by atoms with van der Waals surface area (Å²) in [5.41, 5.74) is 17.8. The Balaban J connectivity index is 0.947. The van der Waals surface area contributed by atoms with Gasteiger partial charge in [0.1, 0.15) is 5.75 Å². The predicted molar refractivity (Wildman–Crippen MR) is 265 cm³/mol. The van der Waals surface area contributed by atoms with Crippen molar-refractivity contribution in [3.8, 4) is 5.75 Å². The smallest absolute Gasteiger partial charge is 0.420 e. The number of halogens is 6. The molecule has 0 unspecified atom stereocenters. The summed E-state index contributed by atoms with van der Waals surface area (Å²) in [7, 11) is 4.92. The summed E-state index contributed by atoms with van der Waals surface area (Å²) >= 11 is 0. The van der Waals surface area contributed by atoms with E-state index < -0.39 is 35.3 Å². The van der Waals surface area contributed by atoms with Crippen LogP contribution in [0.25, 0.3) is 11.4 Å². The fraction of sp³-hybridized carbons (Fsp3) is 0.306. The Hall–Kier alpha value is -8.16. The van der Waals surface area contributed by atoms with Crippen molar-refractivity contribution in [3.63, 3.8) is 0 Å². The van der Waals surface area contributed by atoms with Crippen LogP contribution < -0.4 is 52.2 Å². The lowest BCUT2D eigenvalue weighted by Gasteiger charge is -2.35. The van der Waals surface area contributed by atoms with Gasteiger partial charge in [0.25, 0.3) is 11.8 Å². The van der Waals surface area contributed by atoms with Crippen LogP contribution in [0.1, 0.15) is 71.3 Å². The van der Waals surface area contributed by atoms with Crippen LogP contribution in [0.15, 0.2) is 79.7 Å². The highest BCUT2D eigenvalue weighted by molar-refractivity contribution is 6.06. The van der Waals surface area contributed by atoms with E-state index >= 15 is 0 Å². The first kappa shape index (κ1) is 50.8. The molecule has 1 saturated heterocycles. The molecule has 74 heavy (non-hydrogen) atoms. The van der Waals surface area contributed by atoms with E-state index in [9.17, 15) is 35.9 Å². The summed E-state index contributed by atoms with van der Waals surface area (Å²) in [6.07, 6.45) is 0.612. The Labute approximate surface area is 420 Å². The van der Waals surface area contributed by atoms with Crippen LogP contribution in [0.3, 0.4) is 0 Å². The number of nitrogens with one attached hydrogen (secondary N) is 6. The highest BCUT2D eigenvalue weighted by atomic mass is 19.4. The van der Waals surface area contributed by atoms with Gasteiger partial charge in [0.05, 0.1) is 75.9 Å². The van der Waals surface area contributed by atoms with Gasteiger partial charge < -0.3 is 36.0 Å². The third-order valence-corrected chi connectivity index (χ3v) is 13.2. The second-order valence-electron chi connectivity index (χ2n) is 18.0. The number of nitrogens with zero attached hydrogens (tertiary/aromatic N) is 10. The van der Waals surface area contributed by atoms with E-state index in [1.807, 2.05) is 32.8 Å². The van der Waals surface area contributed by atoms with Crippen molar-refractivity contribution in [3.05, 3.63) is 141 Å². The number of carbonyl (C=O) groups is 2. The SMILES string of the molecule is COc1ccc(NC(=O)c2cnc(C)c(N3C=C(c4cnn(CCc5ncc(C(=O)Nc6cc(N7CCN(C)CC7)c(C)c(C(F)(F)F)c6)cc5N5C=C(c6cnn(C)c6C)NN5)c4C)NN3)c2)cc1C(F)(F)F. The van der Waals surface area contributed by atoms with Crippen LogP contribution in [-0.2, 0) is 32.4 Å². The normalized spacial score (nSPS) is 15.2. The number of alkyl halides is 6. The maximum atomic E-state index is 14.4. The van der Waals surface area contributed by atoms with Crippen molar-refractivity contribution in [2.24, 2.45) is 7.05 Å². The van der Waals surface area contributed by atoms with Gasteiger partial charge in [-0.05, 0) is 82.8 Å². The fourth-order valence-electron chi connectivity index (χ4n) is 8.82. The molecule has 2 amide bonds. The fourth-order valence-corrected chi connectivity index (χ4v) is 8.82. The van der Waals surface area contributed by atoms with Gasteiger partial charge >= 0.3 is 12.4 Å². The minimum absolute atomic E-state index is 0.0000560. The molecule has 0 saturated carbocycles. The van der Waals surface area contributed by atoms with Crippen LogP contribution in [-0.4, -0.2) is 86.6 Å². The van der Waals surface area contributed by atoms with Gasteiger partial charge in [-0.3, -0.25) is 38.9 Å². The predicted octanol–water partition coefficient (Wildman–Crippen LogP) is 6.84. The molecule has 3 aliphatic rings. The molecule has 4 aromatic heterocycles. The molecule has 6 N–H and O–H groups in total. The van der Waals surface area contributed by atoms with Crippen molar-refractivity contribution in [2.75, 3.05) is 65.9 Å². The second kappa shape index (κ2) is 20.0. The van der Waals surface area contributed by atoms with E-state index in [1.165, 1.54) is 25.4 Å².